The molecule has 1 aromatic heterocycles. The van der Waals surface area contributed by atoms with Gasteiger partial charge in [0.25, 0.3) is 0 Å². The standard InChI is InChI=1S/C19H18ClN3O2S/c20-15-4-2-5-16(13-15)26(24,25)18-8-7-14-3-1-6-17(19(14)22-18)23-11-9-21-10-12-23/h1-8,13,21H,9-12H2. The van der Waals surface area contributed by atoms with E-state index in [1.54, 1.807) is 18.2 Å². The molecule has 5 nitrogen and oxygen atoms in total. The summed E-state index contributed by atoms with van der Waals surface area (Å²) in [6, 6.07) is 15.6. The highest BCUT2D eigenvalue weighted by Crippen LogP contribution is 2.29. The van der Waals surface area contributed by atoms with Crippen LogP contribution < -0.4 is 10.2 Å². The third-order valence-corrected chi connectivity index (χ3v) is 6.40. The molecule has 1 aliphatic rings. The van der Waals surface area contributed by atoms with E-state index in [1.165, 1.54) is 12.1 Å². The fourth-order valence-electron chi connectivity index (χ4n) is 3.18. The van der Waals surface area contributed by atoms with Crippen LogP contribution in [0.1, 0.15) is 0 Å². The molecule has 0 amide bonds. The highest BCUT2D eigenvalue weighted by Gasteiger charge is 2.21. The van der Waals surface area contributed by atoms with Gasteiger partial charge in [-0.3, -0.25) is 0 Å². The van der Waals surface area contributed by atoms with Gasteiger partial charge in [-0.15, -0.1) is 0 Å². The minimum atomic E-state index is -3.73. The number of nitrogens with zero attached hydrogens (tertiary/aromatic N) is 2. The summed E-state index contributed by atoms with van der Waals surface area (Å²) in [6.45, 7) is 3.53. The maximum absolute atomic E-state index is 13.0. The number of sulfone groups is 1. The first-order valence-electron chi connectivity index (χ1n) is 8.42. The van der Waals surface area contributed by atoms with E-state index in [0.29, 0.717) is 10.5 Å². The van der Waals surface area contributed by atoms with Crippen LogP contribution in [0.3, 0.4) is 0 Å². The predicted octanol–water partition coefficient (Wildman–Crippen LogP) is 3.13. The second-order valence-corrected chi connectivity index (χ2v) is 8.53. The van der Waals surface area contributed by atoms with E-state index in [4.69, 9.17) is 11.6 Å². The Labute approximate surface area is 157 Å². The molecule has 0 bridgehead atoms. The fourth-order valence-corrected chi connectivity index (χ4v) is 4.67. The number of anilines is 1. The first-order valence-corrected chi connectivity index (χ1v) is 10.3. The number of piperazine rings is 1. The van der Waals surface area contributed by atoms with Crippen molar-refractivity contribution < 1.29 is 8.42 Å². The van der Waals surface area contributed by atoms with Crippen LogP contribution in [0.4, 0.5) is 5.69 Å². The predicted molar refractivity (Wildman–Crippen MR) is 104 cm³/mol. The number of rotatable bonds is 3. The van der Waals surface area contributed by atoms with Crippen LogP contribution in [-0.2, 0) is 9.84 Å². The molecule has 1 aliphatic heterocycles. The molecule has 0 spiro atoms. The number of halogens is 1. The number of fused-ring (bicyclic) bond motifs is 1. The zero-order valence-corrected chi connectivity index (χ0v) is 15.6. The number of hydrogen-bond acceptors (Lipinski definition) is 5. The van der Waals surface area contributed by atoms with Gasteiger partial charge < -0.3 is 10.2 Å². The normalized spacial score (nSPS) is 15.3. The summed E-state index contributed by atoms with van der Waals surface area (Å²) < 4.78 is 25.9. The highest BCUT2D eigenvalue weighted by molar-refractivity contribution is 7.91. The van der Waals surface area contributed by atoms with Crippen LogP contribution in [0.15, 0.2) is 64.5 Å². The van der Waals surface area contributed by atoms with E-state index in [1.807, 2.05) is 24.3 Å². The molecular weight excluding hydrogens is 370 g/mol. The van der Waals surface area contributed by atoms with E-state index in [2.05, 4.69) is 15.2 Å². The average Bonchev–Trinajstić information content (AvgIpc) is 2.68. The van der Waals surface area contributed by atoms with Crippen molar-refractivity contribution in [2.45, 2.75) is 9.92 Å². The van der Waals surface area contributed by atoms with Gasteiger partial charge in [0.05, 0.1) is 16.1 Å². The first-order chi connectivity index (χ1) is 12.6. The molecule has 1 N–H and O–H groups in total. The Kier molecular flexibility index (Phi) is 4.56. The van der Waals surface area contributed by atoms with Crippen LogP contribution >= 0.6 is 11.6 Å². The maximum atomic E-state index is 13.0. The summed E-state index contributed by atoms with van der Waals surface area (Å²) in [5.41, 5.74) is 1.67. The number of pyridine rings is 1. The highest BCUT2D eigenvalue weighted by atomic mass is 35.5. The minimum absolute atomic E-state index is 0.0369. The van der Waals surface area contributed by atoms with Gasteiger partial charge in [-0.1, -0.05) is 29.8 Å². The quantitative estimate of drug-likeness (QED) is 0.748. The van der Waals surface area contributed by atoms with E-state index < -0.39 is 9.84 Å². The Morgan fingerprint density at radius 1 is 1.00 bits per heavy atom. The van der Waals surface area contributed by atoms with Crippen LogP contribution in [-0.4, -0.2) is 39.6 Å². The lowest BCUT2D eigenvalue weighted by Gasteiger charge is -2.30. The van der Waals surface area contributed by atoms with Gasteiger partial charge in [0.1, 0.15) is 0 Å². The molecule has 4 rings (SSSR count). The number of para-hydroxylation sites is 1. The van der Waals surface area contributed by atoms with E-state index in [0.717, 1.165) is 37.3 Å². The molecule has 0 radical (unpaired) electrons. The van der Waals surface area contributed by atoms with E-state index in [9.17, 15) is 8.42 Å². The summed E-state index contributed by atoms with van der Waals surface area (Å²) in [6.07, 6.45) is 0. The second kappa shape index (κ2) is 6.87. The van der Waals surface area contributed by atoms with Gasteiger partial charge in [-0.2, -0.15) is 0 Å². The first kappa shape index (κ1) is 17.3. The number of aromatic nitrogens is 1. The monoisotopic (exact) mass is 387 g/mol. The molecule has 2 aromatic carbocycles. The lowest BCUT2D eigenvalue weighted by molar-refractivity contribution is 0.589. The van der Waals surface area contributed by atoms with Crippen molar-refractivity contribution in [3.8, 4) is 0 Å². The Morgan fingerprint density at radius 2 is 1.77 bits per heavy atom. The Morgan fingerprint density at radius 3 is 2.54 bits per heavy atom. The molecule has 0 saturated carbocycles. The average molecular weight is 388 g/mol. The SMILES string of the molecule is O=S(=O)(c1cccc(Cl)c1)c1ccc2cccc(N3CCNCC3)c2n1. The summed E-state index contributed by atoms with van der Waals surface area (Å²) in [5, 5.41) is 4.67. The third-order valence-electron chi connectivity index (χ3n) is 4.51. The van der Waals surface area contributed by atoms with Gasteiger partial charge >= 0.3 is 0 Å². The minimum Gasteiger partial charge on any atom is -0.367 e. The molecule has 0 aliphatic carbocycles. The molecule has 134 valence electrons. The summed E-state index contributed by atoms with van der Waals surface area (Å²) >= 11 is 5.96. The third kappa shape index (κ3) is 3.16. The lowest BCUT2D eigenvalue weighted by atomic mass is 10.1. The van der Waals surface area contributed by atoms with Gasteiger partial charge in [0, 0.05) is 36.6 Å². The smallest absolute Gasteiger partial charge is 0.223 e. The van der Waals surface area contributed by atoms with Crippen molar-refractivity contribution in [3.63, 3.8) is 0 Å². The lowest BCUT2D eigenvalue weighted by Crippen LogP contribution is -2.43. The van der Waals surface area contributed by atoms with Crippen molar-refractivity contribution in [1.29, 1.82) is 0 Å². The number of hydrogen-bond donors (Lipinski definition) is 1. The molecule has 3 aromatic rings. The molecule has 1 saturated heterocycles. The van der Waals surface area contributed by atoms with Gasteiger partial charge in [-0.25, -0.2) is 13.4 Å². The van der Waals surface area contributed by atoms with Crippen LogP contribution in [0.2, 0.25) is 5.02 Å². The fraction of sp³-hybridized carbons (Fsp3) is 0.211. The van der Waals surface area contributed by atoms with Crippen LogP contribution in [0.25, 0.3) is 10.9 Å². The van der Waals surface area contributed by atoms with Gasteiger partial charge in [-0.05, 0) is 36.4 Å². The molecule has 26 heavy (non-hydrogen) atoms. The summed E-state index contributed by atoms with van der Waals surface area (Å²) in [4.78, 5) is 6.92. The molecule has 1 fully saturated rings. The van der Waals surface area contributed by atoms with Crippen molar-refractivity contribution in [3.05, 3.63) is 59.6 Å². The largest absolute Gasteiger partial charge is 0.367 e. The van der Waals surface area contributed by atoms with E-state index >= 15 is 0 Å². The van der Waals surface area contributed by atoms with Crippen molar-refractivity contribution in [1.82, 2.24) is 10.3 Å². The Bertz CT molecular complexity index is 1060. The number of benzene rings is 2. The van der Waals surface area contributed by atoms with Gasteiger partial charge in [0.2, 0.25) is 9.84 Å². The van der Waals surface area contributed by atoms with Crippen molar-refractivity contribution in [2.75, 3.05) is 31.1 Å². The molecular formula is C19H18ClN3O2S. The maximum Gasteiger partial charge on any atom is 0.223 e. The zero-order chi connectivity index (χ0) is 18.1. The van der Waals surface area contributed by atoms with Crippen LogP contribution in [0, 0.1) is 0 Å². The van der Waals surface area contributed by atoms with Crippen LogP contribution in [0.5, 0.6) is 0 Å². The molecule has 0 unspecified atom stereocenters. The summed E-state index contributed by atoms with van der Waals surface area (Å²) in [7, 11) is -3.73. The Balaban J connectivity index is 1.84. The molecule has 7 heteroatoms. The van der Waals surface area contributed by atoms with Gasteiger partial charge in [0.15, 0.2) is 5.03 Å². The molecule has 2 heterocycles. The Hall–Kier alpha value is -2.15. The van der Waals surface area contributed by atoms with E-state index in [-0.39, 0.29) is 9.92 Å². The number of nitrogens with one attached hydrogen (secondary N) is 1. The second-order valence-electron chi connectivity index (χ2n) is 6.20. The summed E-state index contributed by atoms with van der Waals surface area (Å²) in [5.74, 6) is 0. The molecule has 0 atom stereocenters. The van der Waals surface area contributed by atoms with Crippen molar-refractivity contribution in [2.24, 2.45) is 0 Å². The zero-order valence-electron chi connectivity index (χ0n) is 14.0. The topological polar surface area (TPSA) is 62.3 Å². The van der Waals surface area contributed by atoms with Crippen molar-refractivity contribution >= 4 is 38.0 Å².